The molecule has 1 aromatic heterocycles. The van der Waals surface area contributed by atoms with Crippen molar-refractivity contribution in [3.63, 3.8) is 0 Å². The minimum atomic E-state index is 0.350. The van der Waals surface area contributed by atoms with Crippen molar-refractivity contribution in [3.05, 3.63) is 16.9 Å². The van der Waals surface area contributed by atoms with Crippen molar-refractivity contribution in [2.75, 3.05) is 5.75 Å². The van der Waals surface area contributed by atoms with Gasteiger partial charge in [0.2, 0.25) is 0 Å². The predicted molar refractivity (Wildman–Crippen MR) is 66.7 cm³/mol. The molecule has 1 saturated carbocycles. The lowest BCUT2D eigenvalue weighted by molar-refractivity contribution is 0.274. The summed E-state index contributed by atoms with van der Waals surface area (Å²) in [4.78, 5) is 0. The Kier molecular flexibility index (Phi) is 3.31. The fourth-order valence-corrected chi connectivity index (χ4v) is 2.95. The number of aromatic nitrogens is 2. The van der Waals surface area contributed by atoms with Gasteiger partial charge < -0.3 is 0 Å². The van der Waals surface area contributed by atoms with Crippen molar-refractivity contribution >= 4 is 24.2 Å². The van der Waals surface area contributed by atoms with E-state index in [1.54, 1.807) is 6.20 Å². The summed E-state index contributed by atoms with van der Waals surface area (Å²) in [6.07, 6.45) is 6.93. The van der Waals surface area contributed by atoms with E-state index in [1.807, 2.05) is 11.6 Å². The zero-order chi connectivity index (χ0) is 10.9. The van der Waals surface area contributed by atoms with Crippen LogP contribution in [0.1, 0.15) is 31.4 Å². The molecule has 0 aliphatic heterocycles. The van der Waals surface area contributed by atoms with Gasteiger partial charge in [-0.3, -0.25) is 4.68 Å². The van der Waals surface area contributed by atoms with Gasteiger partial charge in [0, 0.05) is 6.54 Å². The van der Waals surface area contributed by atoms with Crippen molar-refractivity contribution in [1.29, 1.82) is 0 Å². The highest BCUT2D eigenvalue weighted by Crippen LogP contribution is 2.40. The lowest BCUT2D eigenvalue weighted by Crippen LogP contribution is -2.26. The van der Waals surface area contributed by atoms with E-state index in [2.05, 4.69) is 17.7 Å². The van der Waals surface area contributed by atoms with E-state index in [-0.39, 0.29) is 0 Å². The van der Waals surface area contributed by atoms with Crippen LogP contribution in [0.2, 0.25) is 5.02 Å². The van der Waals surface area contributed by atoms with Crippen LogP contribution in [0.4, 0.5) is 0 Å². The highest BCUT2D eigenvalue weighted by atomic mass is 35.5. The summed E-state index contributed by atoms with van der Waals surface area (Å²) in [6, 6.07) is 0. The third-order valence-electron chi connectivity index (χ3n) is 3.53. The van der Waals surface area contributed by atoms with Crippen molar-refractivity contribution in [2.24, 2.45) is 5.41 Å². The van der Waals surface area contributed by atoms with Crippen LogP contribution in [0.25, 0.3) is 0 Å². The van der Waals surface area contributed by atoms with E-state index in [0.717, 1.165) is 23.0 Å². The minimum Gasteiger partial charge on any atom is -0.268 e. The zero-order valence-electron chi connectivity index (χ0n) is 9.04. The van der Waals surface area contributed by atoms with Gasteiger partial charge in [0.15, 0.2) is 0 Å². The molecule has 0 aromatic carbocycles. The molecule has 1 fully saturated rings. The summed E-state index contributed by atoms with van der Waals surface area (Å²) in [5, 5.41) is 5.09. The largest absolute Gasteiger partial charge is 0.268 e. The van der Waals surface area contributed by atoms with Gasteiger partial charge in [-0.1, -0.05) is 24.4 Å². The molecule has 0 atom stereocenters. The summed E-state index contributed by atoms with van der Waals surface area (Å²) >= 11 is 10.5. The van der Waals surface area contributed by atoms with Crippen LogP contribution >= 0.6 is 24.2 Å². The van der Waals surface area contributed by atoms with E-state index in [4.69, 9.17) is 11.6 Å². The molecule has 0 amide bonds. The van der Waals surface area contributed by atoms with Crippen LogP contribution in [-0.4, -0.2) is 15.5 Å². The maximum Gasteiger partial charge on any atom is 0.0814 e. The van der Waals surface area contributed by atoms with Crippen LogP contribution in [0.3, 0.4) is 0 Å². The Bertz CT molecular complexity index is 342. The summed E-state index contributed by atoms with van der Waals surface area (Å²) in [5.41, 5.74) is 1.42. The van der Waals surface area contributed by atoms with E-state index in [1.165, 1.54) is 25.7 Å². The Morgan fingerprint density at radius 3 is 2.67 bits per heavy atom. The summed E-state index contributed by atoms with van der Waals surface area (Å²) in [7, 11) is 0. The predicted octanol–water partition coefficient (Wildman–Crippen LogP) is 3.34. The van der Waals surface area contributed by atoms with Crippen LogP contribution in [0, 0.1) is 12.3 Å². The summed E-state index contributed by atoms with van der Waals surface area (Å²) < 4.78 is 2.03. The van der Waals surface area contributed by atoms with Gasteiger partial charge in [-0.05, 0) is 30.9 Å². The SMILES string of the molecule is Cc1c(Cl)cnn1CC1(CS)CCCC1. The number of hydrogen-bond donors (Lipinski definition) is 1. The van der Waals surface area contributed by atoms with Gasteiger partial charge in [-0.25, -0.2) is 0 Å². The average molecular weight is 245 g/mol. The van der Waals surface area contributed by atoms with Gasteiger partial charge >= 0.3 is 0 Å². The molecule has 1 aliphatic rings. The van der Waals surface area contributed by atoms with E-state index < -0.39 is 0 Å². The highest BCUT2D eigenvalue weighted by molar-refractivity contribution is 7.80. The molecule has 2 nitrogen and oxygen atoms in total. The average Bonchev–Trinajstić information content (AvgIpc) is 2.82. The number of rotatable bonds is 3. The Hall–Kier alpha value is -0.150. The smallest absolute Gasteiger partial charge is 0.0814 e. The summed E-state index contributed by atoms with van der Waals surface area (Å²) in [6.45, 7) is 2.99. The lowest BCUT2D eigenvalue weighted by Gasteiger charge is -2.27. The highest BCUT2D eigenvalue weighted by Gasteiger charge is 2.33. The van der Waals surface area contributed by atoms with Crippen molar-refractivity contribution < 1.29 is 0 Å². The second-order valence-corrected chi connectivity index (χ2v) is 5.32. The van der Waals surface area contributed by atoms with Crippen LogP contribution in [0.15, 0.2) is 6.20 Å². The first kappa shape index (κ1) is 11.3. The molecule has 0 unspecified atom stereocenters. The molecule has 84 valence electrons. The lowest BCUT2D eigenvalue weighted by atomic mass is 9.88. The molecule has 0 saturated heterocycles. The van der Waals surface area contributed by atoms with Crippen molar-refractivity contribution in [1.82, 2.24) is 9.78 Å². The number of halogens is 1. The minimum absolute atomic E-state index is 0.350. The maximum absolute atomic E-state index is 6.00. The zero-order valence-corrected chi connectivity index (χ0v) is 10.7. The van der Waals surface area contributed by atoms with E-state index in [9.17, 15) is 0 Å². The Labute approximate surface area is 101 Å². The maximum atomic E-state index is 6.00. The quantitative estimate of drug-likeness (QED) is 0.808. The van der Waals surface area contributed by atoms with Gasteiger partial charge in [0.05, 0.1) is 16.9 Å². The first-order valence-corrected chi connectivity index (χ1v) is 6.47. The molecule has 1 heterocycles. The molecular formula is C11H17ClN2S. The fourth-order valence-electron chi connectivity index (χ4n) is 2.39. The molecule has 1 aromatic rings. The van der Waals surface area contributed by atoms with Crippen LogP contribution in [0.5, 0.6) is 0 Å². The van der Waals surface area contributed by atoms with Gasteiger partial charge in [0.25, 0.3) is 0 Å². The Balaban J connectivity index is 2.16. The molecule has 1 aliphatic carbocycles. The van der Waals surface area contributed by atoms with Gasteiger partial charge in [-0.2, -0.15) is 17.7 Å². The molecule has 0 spiro atoms. The molecule has 0 N–H and O–H groups in total. The second-order valence-electron chi connectivity index (χ2n) is 4.60. The first-order chi connectivity index (χ1) is 7.17. The van der Waals surface area contributed by atoms with Gasteiger partial charge in [0.1, 0.15) is 0 Å². The fraction of sp³-hybridized carbons (Fsp3) is 0.727. The topological polar surface area (TPSA) is 17.8 Å². The number of thiol groups is 1. The third-order valence-corrected chi connectivity index (χ3v) is 4.57. The molecule has 4 heteroatoms. The van der Waals surface area contributed by atoms with E-state index >= 15 is 0 Å². The normalized spacial score (nSPS) is 19.7. The van der Waals surface area contributed by atoms with Crippen LogP contribution < -0.4 is 0 Å². The number of hydrogen-bond acceptors (Lipinski definition) is 2. The molecule has 2 rings (SSSR count). The Morgan fingerprint density at radius 1 is 1.53 bits per heavy atom. The molecular weight excluding hydrogens is 228 g/mol. The second kappa shape index (κ2) is 4.38. The van der Waals surface area contributed by atoms with Crippen LogP contribution in [-0.2, 0) is 6.54 Å². The van der Waals surface area contributed by atoms with E-state index in [0.29, 0.717) is 5.41 Å². The third kappa shape index (κ3) is 2.18. The number of nitrogens with zero attached hydrogens (tertiary/aromatic N) is 2. The Morgan fingerprint density at radius 2 is 2.20 bits per heavy atom. The molecule has 15 heavy (non-hydrogen) atoms. The standard InChI is InChI=1S/C11H17ClN2S/c1-9-10(12)6-13-14(9)7-11(8-15)4-2-3-5-11/h6,15H,2-5,7-8H2,1H3. The van der Waals surface area contributed by atoms with Gasteiger partial charge in [-0.15, -0.1) is 0 Å². The molecule has 0 radical (unpaired) electrons. The van der Waals surface area contributed by atoms with Crippen molar-refractivity contribution in [2.45, 2.75) is 39.2 Å². The first-order valence-electron chi connectivity index (χ1n) is 5.46. The monoisotopic (exact) mass is 244 g/mol. The van der Waals surface area contributed by atoms with Crippen molar-refractivity contribution in [3.8, 4) is 0 Å². The molecule has 0 bridgehead atoms. The summed E-state index contributed by atoms with van der Waals surface area (Å²) in [5.74, 6) is 0.948.